The number of likely N-dealkylation sites (N-methyl/N-ethyl adjacent to an activating group) is 1. The van der Waals surface area contributed by atoms with Crippen molar-refractivity contribution >= 4 is 22.9 Å². The predicted octanol–water partition coefficient (Wildman–Crippen LogP) is -2.90. The second-order valence-corrected chi connectivity index (χ2v) is 5.73. The highest BCUT2D eigenvalue weighted by Crippen LogP contribution is 2.24. The number of hydrogen-bond acceptors (Lipinski definition) is 7. The first-order valence-electron chi connectivity index (χ1n) is 7.42. The number of nitrogens with zero attached hydrogens (tertiary/aromatic N) is 5. The third kappa shape index (κ3) is 2.70. The Morgan fingerprint density at radius 3 is 2.77 bits per heavy atom. The molecule has 1 saturated heterocycles. The zero-order valence-electron chi connectivity index (χ0n) is 12.6. The van der Waals surface area contributed by atoms with Crippen LogP contribution in [0.25, 0.3) is 11.2 Å². The van der Waals surface area contributed by atoms with Gasteiger partial charge in [-0.1, -0.05) is 0 Å². The first-order chi connectivity index (χ1) is 10.6. The lowest BCUT2D eigenvalue weighted by molar-refractivity contribution is -0.880. The second-order valence-electron chi connectivity index (χ2n) is 5.73. The minimum absolute atomic E-state index is 0.220. The fourth-order valence-electron chi connectivity index (χ4n) is 2.71. The van der Waals surface area contributed by atoms with Gasteiger partial charge < -0.3 is 25.7 Å². The van der Waals surface area contributed by atoms with E-state index in [0.29, 0.717) is 17.0 Å². The molecule has 1 aliphatic heterocycles. The number of nitrogens with one attached hydrogen (secondary N) is 1. The molecule has 0 aliphatic carbocycles. The summed E-state index contributed by atoms with van der Waals surface area (Å²) in [4.78, 5) is 16.4. The molecule has 0 saturated carbocycles. The highest BCUT2D eigenvalue weighted by molar-refractivity contribution is 5.84. The Balaban J connectivity index is 2.03. The van der Waals surface area contributed by atoms with Crippen LogP contribution in [0.2, 0.25) is 0 Å². The second kappa shape index (κ2) is 6.03. The Kier molecular flexibility index (Phi) is 4.10. The molecule has 9 heteroatoms. The van der Waals surface area contributed by atoms with Gasteiger partial charge in [-0.2, -0.15) is 0 Å². The molecule has 0 unspecified atom stereocenters. The fourth-order valence-corrected chi connectivity index (χ4v) is 2.71. The average Bonchev–Trinajstić information content (AvgIpc) is 2.88. The quantitative estimate of drug-likeness (QED) is 0.478. The maximum atomic E-state index is 9.83. The van der Waals surface area contributed by atoms with Crippen LogP contribution < -0.4 is 15.5 Å². The van der Waals surface area contributed by atoms with Gasteiger partial charge in [0, 0.05) is 0 Å². The van der Waals surface area contributed by atoms with Gasteiger partial charge in [0.1, 0.15) is 6.33 Å². The standard InChI is InChI=1S/C13H21N7O2/c1-18-2-4-19(5-3-18)13-17-10-11(14)15-8-16-12(10)20(13)6-9(22)7-21/h8-9,21-22H,2-7H2,1H3,(H2,14,15,16)/p+1/t9-/m1/s1. The maximum Gasteiger partial charge on any atom is 0.208 e. The first kappa shape index (κ1) is 14.9. The molecular weight excluding hydrogens is 286 g/mol. The van der Waals surface area contributed by atoms with Crippen molar-refractivity contribution in [1.29, 1.82) is 0 Å². The van der Waals surface area contributed by atoms with Crippen molar-refractivity contribution in [2.45, 2.75) is 12.6 Å². The molecule has 0 bridgehead atoms. The third-order valence-electron chi connectivity index (χ3n) is 4.04. The molecule has 3 heterocycles. The number of nitrogens with two attached hydrogens (primary N) is 1. The summed E-state index contributed by atoms with van der Waals surface area (Å²) in [7, 11) is 2.17. The lowest BCUT2D eigenvalue weighted by Gasteiger charge is -2.31. The lowest BCUT2D eigenvalue weighted by Crippen LogP contribution is -3.12. The van der Waals surface area contributed by atoms with E-state index in [1.165, 1.54) is 11.2 Å². The summed E-state index contributed by atoms with van der Waals surface area (Å²) >= 11 is 0. The summed E-state index contributed by atoms with van der Waals surface area (Å²) in [6.07, 6.45) is 0.518. The highest BCUT2D eigenvalue weighted by atomic mass is 16.3. The zero-order chi connectivity index (χ0) is 15.7. The van der Waals surface area contributed by atoms with Crippen molar-refractivity contribution in [2.75, 3.05) is 50.5 Å². The number of hydrogen-bond donors (Lipinski definition) is 4. The number of aromatic nitrogens is 4. The minimum atomic E-state index is -0.870. The molecule has 5 N–H and O–H groups in total. The van der Waals surface area contributed by atoms with Gasteiger partial charge in [-0.15, -0.1) is 0 Å². The summed E-state index contributed by atoms with van der Waals surface area (Å²) in [6, 6.07) is 0. The van der Waals surface area contributed by atoms with E-state index < -0.39 is 6.10 Å². The van der Waals surface area contributed by atoms with Gasteiger partial charge >= 0.3 is 0 Å². The van der Waals surface area contributed by atoms with Gasteiger partial charge in [-0.25, -0.2) is 15.0 Å². The molecule has 2 aromatic rings. The van der Waals surface area contributed by atoms with Gasteiger partial charge in [0.05, 0.1) is 52.5 Å². The van der Waals surface area contributed by atoms with Crippen molar-refractivity contribution in [3.63, 3.8) is 0 Å². The van der Waals surface area contributed by atoms with Crippen molar-refractivity contribution in [3.05, 3.63) is 6.33 Å². The number of aliphatic hydroxyl groups is 2. The highest BCUT2D eigenvalue weighted by Gasteiger charge is 2.25. The minimum Gasteiger partial charge on any atom is -0.394 e. The SMILES string of the molecule is C[NH+]1CCN(c2nc3c(N)ncnc3n2C[C@@H](O)CO)CC1. The van der Waals surface area contributed by atoms with Crippen molar-refractivity contribution < 1.29 is 15.1 Å². The van der Waals surface area contributed by atoms with Gasteiger partial charge in [0.15, 0.2) is 17.0 Å². The predicted molar refractivity (Wildman–Crippen MR) is 81.7 cm³/mol. The van der Waals surface area contributed by atoms with E-state index in [0.717, 1.165) is 32.1 Å². The van der Waals surface area contributed by atoms with Crippen LogP contribution >= 0.6 is 0 Å². The molecule has 9 nitrogen and oxygen atoms in total. The molecule has 0 amide bonds. The number of imidazole rings is 1. The topological polar surface area (TPSA) is 118 Å². The van der Waals surface area contributed by atoms with Crippen molar-refractivity contribution in [3.8, 4) is 0 Å². The summed E-state index contributed by atoms with van der Waals surface area (Å²) < 4.78 is 1.81. The van der Waals surface area contributed by atoms with Crippen LogP contribution in [0.5, 0.6) is 0 Å². The van der Waals surface area contributed by atoms with Crippen LogP contribution in [0.15, 0.2) is 6.33 Å². The Hall–Kier alpha value is -1.97. The number of fused-ring (bicyclic) bond motifs is 1. The lowest BCUT2D eigenvalue weighted by atomic mass is 10.3. The van der Waals surface area contributed by atoms with E-state index in [-0.39, 0.29) is 13.2 Å². The summed E-state index contributed by atoms with van der Waals surface area (Å²) in [5.74, 6) is 1.05. The molecule has 120 valence electrons. The number of anilines is 2. The molecule has 2 aromatic heterocycles. The number of nitrogen functional groups attached to an aromatic ring is 1. The van der Waals surface area contributed by atoms with Crippen LogP contribution in [-0.4, -0.2) is 75.7 Å². The number of piperazine rings is 1. The molecule has 0 radical (unpaired) electrons. The van der Waals surface area contributed by atoms with E-state index >= 15 is 0 Å². The van der Waals surface area contributed by atoms with E-state index in [9.17, 15) is 5.11 Å². The molecule has 1 fully saturated rings. The van der Waals surface area contributed by atoms with E-state index in [2.05, 4.69) is 26.9 Å². The summed E-state index contributed by atoms with van der Waals surface area (Å²) in [6.45, 7) is 3.69. The molecule has 3 rings (SSSR count). The van der Waals surface area contributed by atoms with Crippen LogP contribution in [0, 0.1) is 0 Å². The van der Waals surface area contributed by atoms with E-state index in [1.54, 1.807) is 0 Å². The molecular formula is C13H22N7O2+. The number of quaternary nitrogens is 1. The smallest absolute Gasteiger partial charge is 0.208 e. The normalized spacial score (nSPS) is 18.0. The Morgan fingerprint density at radius 2 is 2.09 bits per heavy atom. The van der Waals surface area contributed by atoms with Crippen LogP contribution in [0.1, 0.15) is 0 Å². The maximum absolute atomic E-state index is 9.83. The summed E-state index contributed by atoms with van der Waals surface area (Å²) in [5, 5.41) is 19.0. The van der Waals surface area contributed by atoms with Crippen molar-refractivity contribution in [2.24, 2.45) is 0 Å². The van der Waals surface area contributed by atoms with Gasteiger partial charge in [-0.05, 0) is 0 Å². The number of rotatable bonds is 4. The Morgan fingerprint density at radius 1 is 1.36 bits per heavy atom. The zero-order valence-corrected chi connectivity index (χ0v) is 12.6. The van der Waals surface area contributed by atoms with Crippen LogP contribution in [-0.2, 0) is 6.54 Å². The Labute approximate surface area is 128 Å². The van der Waals surface area contributed by atoms with Gasteiger partial charge in [-0.3, -0.25) is 4.57 Å². The Bertz CT molecular complexity index is 651. The van der Waals surface area contributed by atoms with Gasteiger partial charge in [0.25, 0.3) is 0 Å². The largest absolute Gasteiger partial charge is 0.394 e. The summed E-state index contributed by atoms with van der Waals surface area (Å²) in [5.41, 5.74) is 7.01. The molecule has 1 atom stereocenters. The van der Waals surface area contributed by atoms with E-state index in [1.807, 2.05) is 4.57 Å². The number of aliphatic hydroxyl groups excluding tert-OH is 2. The average molecular weight is 308 g/mol. The monoisotopic (exact) mass is 308 g/mol. The van der Waals surface area contributed by atoms with Crippen LogP contribution in [0.4, 0.5) is 11.8 Å². The molecule has 22 heavy (non-hydrogen) atoms. The van der Waals surface area contributed by atoms with E-state index in [4.69, 9.17) is 10.8 Å². The first-order valence-corrected chi connectivity index (χ1v) is 7.42. The van der Waals surface area contributed by atoms with Crippen molar-refractivity contribution in [1.82, 2.24) is 19.5 Å². The molecule has 0 spiro atoms. The molecule has 1 aliphatic rings. The van der Waals surface area contributed by atoms with Crippen LogP contribution in [0.3, 0.4) is 0 Å². The fraction of sp³-hybridized carbons (Fsp3) is 0.615. The third-order valence-corrected chi connectivity index (χ3v) is 4.04. The molecule has 0 aromatic carbocycles. The van der Waals surface area contributed by atoms with Gasteiger partial charge in [0.2, 0.25) is 5.95 Å².